The number of aliphatic hydroxyl groups is 1. The molecular formula is C14H30O. The molecule has 1 N–H and O–H groups in total. The summed E-state index contributed by atoms with van der Waals surface area (Å²) in [5.41, 5.74) is 0. The average Bonchev–Trinajstić information content (AvgIpc) is 2.24. The lowest BCUT2D eigenvalue weighted by Crippen LogP contribution is -1.95. The summed E-state index contributed by atoms with van der Waals surface area (Å²) in [6.07, 6.45) is 13.3. The van der Waals surface area contributed by atoms with E-state index in [1.54, 1.807) is 0 Å². The molecule has 0 spiro atoms. The molecule has 1 heteroatoms. The molecule has 0 aromatic carbocycles. The topological polar surface area (TPSA) is 20.2 Å². The third-order valence-electron chi connectivity index (χ3n) is 3.16. The van der Waals surface area contributed by atoms with Crippen LogP contribution in [0, 0.1) is 5.92 Å². The minimum atomic E-state index is 0.368. The van der Waals surface area contributed by atoms with E-state index in [1.807, 2.05) is 0 Å². The Bertz CT molecular complexity index is 112. The zero-order valence-corrected chi connectivity index (χ0v) is 10.8. The number of rotatable bonds is 11. The summed E-state index contributed by atoms with van der Waals surface area (Å²) in [7, 11) is 0. The molecule has 0 fully saturated rings. The SMILES string of the molecule is CCCCCCC(C)CCCCCCO. The van der Waals surface area contributed by atoms with Crippen LogP contribution in [0.2, 0.25) is 0 Å². The molecule has 92 valence electrons. The maximum absolute atomic E-state index is 8.64. The second-order valence-electron chi connectivity index (χ2n) is 4.88. The lowest BCUT2D eigenvalue weighted by molar-refractivity contribution is 0.281. The van der Waals surface area contributed by atoms with Crippen molar-refractivity contribution < 1.29 is 5.11 Å². The van der Waals surface area contributed by atoms with Gasteiger partial charge in [0.1, 0.15) is 0 Å². The first kappa shape index (κ1) is 15.0. The van der Waals surface area contributed by atoms with Gasteiger partial charge in [-0.3, -0.25) is 0 Å². The summed E-state index contributed by atoms with van der Waals surface area (Å²) >= 11 is 0. The Labute approximate surface area is 96.3 Å². The Hall–Kier alpha value is -0.0400. The lowest BCUT2D eigenvalue weighted by atomic mass is 9.96. The summed E-state index contributed by atoms with van der Waals surface area (Å²) in [4.78, 5) is 0. The Morgan fingerprint density at radius 1 is 0.800 bits per heavy atom. The quantitative estimate of drug-likeness (QED) is 0.501. The van der Waals surface area contributed by atoms with Crippen LogP contribution in [0.1, 0.15) is 78.1 Å². The first-order valence-electron chi connectivity index (χ1n) is 6.92. The zero-order valence-electron chi connectivity index (χ0n) is 10.8. The Balaban J connectivity index is 3.08. The fourth-order valence-corrected chi connectivity index (χ4v) is 2.02. The first-order valence-corrected chi connectivity index (χ1v) is 6.92. The third kappa shape index (κ3) is 11.9. The molecule has 0 aliphatic carbocycles. The number of hydrogen-bond donors (Lipinski definition) is 1. The van der Waals surface area contributed by atoms with E-state index in [4.69, 9.17) is 5.11 Å². The molecule has 0 radical (unpaired) electrons. The predicted octanol–water partition coefficient (Wildman–Crippen LogP) is 4.54. The Kier molecular flexibility index (Phi) is 12.0. The van der Waals surface area contributed by atoms with Crippen molar-refractivity contribution in [3.8, 4) is 0 Å². The highest BCUT2D eigenvalue weighted by molar-refractivity contribution is 4.55. The van der Waals surface area contributed by atoms with E-state index >= 15 is 0 Å². The van der Waals surface area contributed by atoms with Crippen molar-refractivity contribution in [3.05, 3.63) is 0 Å². The molecule has 0 amide bonds. The van der Waals surface area contributed by atoms with Gasteiger partial charge in [0.2, 0.25) is 0 Å². The second-order valence-corrected chi connectivity index (χ2v) is 4.88. The van der Waals surface area contributed by atoms with Gasteiger partial charge in [0, 0.05) is 6.61 Å². The van der Waals surface area contributed by atoms with Gasteiger partial charge in [-0.15, -0.1) is 0 Å². The molecular weight excluding hydrogens is 184 g/mol. The smallest absolute Gasteiger partial charge is 0.0431 e. The summed E-state index contributed by atoms with van der Waals surface area (Å²) in [6, 6.07) is 0. The minimum Gasteiger partial charge on any atom is -0.396 e. The summed E-state index contributed by atoms with van der Waals surface area (Å²) in [5, 5.41) is 8.64. The van der Waals surface area contributed by atoms with Gasteiger partial charge >= 0.3 is 0 Å². The van der Waals surface area contributed by atoms with E-state index in [2.05, 4.69) is 13.8 Å². The van der Waals surface area contributed by atoms with Crippen LogP contribution in [-0.4, -0.2) is 11.7 Å². The van der Waals surface area contributed by atoms with Crippen molar-refractivity contribution in [2.24, 2.45) is 5.92 Å². The van der Waals surface area contributed by atoms with Crippen LogP contribution >= 0.6 is 0 Å². The molecule has 0 aromatic heterocycles. The van der Waals surface area contributed by atoms with Crippen LogP contribution in [-0.2, 0) is 0 Å². The third-order valence-corrected chi connectivity index (χ3v) is 3.16. The van der Waals surface area contributed by atoms with Gasteiger partial charge in [0.15, 0.2) is 0 Å². The van der Waals surface area contributed by atoms with E-state index in [0.717, 1.165) is 12.3 Å². The van der Waals surface area contributed by atoms with Crippen molar-refractivity contribution in [2.45, 2.75) is 78.1 Å². The van der Waals surface area contributed by atoms with Crippen molar-refractivity contribution in [3.63, 3.8) is 0 Å². The standard InChI is InChI=1S/C14H30O/c1-3-4-5-8-11-14(2)12-9-6-7-10-13-15/h14-15H,3-13H2,1-2H3. The molecule has 0 aliphatic heterocycles. The Morgan fingerprint density at radius 2 is 1.33 bits per heavy atom. The van der Waals surface area contributed by atoms with Gasteiger partial charge in [0.05, 0.1) is 0 Å². The second kappa shape index (κ2) is 12.0. The van der Waals surface area contributed by atoms with E-state index in [-0.39, 0.29) is 0 Å². The van der Waals surface area contributed by atoms with Gasteiger partial charge in [-0.2, -0.15) is 0 Å². The van der Waals surface area contributed by atoms with Crippen molar-refractivity contribution in [1.82, 2.24) is 0 Å². The van der Waals surface area contributed by atoms with Crippen LogP contribution in [0.4, 0.5) is 0 Å². The highest BCUT2D eigenvalue weighted by Crippen LogP contribution is 2.17. The largest absolute Gasteiger partial charge is 0.396 e. The maximum Gasteiger partial charge on any atom is 0.0431 e. The molecule has 1 unspecified atom stereocenters. The van der Waals surface area contributed by atoms with Crippen LogP contribution in [0.25, 0.3) is 0 Å². The van der Waals surface area contributed by atoms with Crippen LogP contribution in [0.15, 0.2) is 0 Å². The van der Waals surface area contributed by atoms with Crippen LogP contribution in [0.3, 0.4) is 0 Å². The van der Waals surface area contributed by atoms with E-state index in [9.17, 15) is 0 Å². The zero-order chi connectivity index (χ0) is 11.4. The van der Waals surface area contributed by atoms with Crippen molar-refractivity contribution in [2.75, 3.05) is 6.61 Å². The minimum absolute atomic E-state index is 0.368. The summed E-state index contributed by atoms with van der Waals surface area (Å²) < 4.78 is 0. The van der Waals surface area contributed by atoms with Gasteiger partial charge in [-0.05, 0) is 12.3 Å². The fraction of sp³-hybridized carbons (Fsp3) is 1.00. The van der Waals surface area contributed by atoms with E-state index in [0.29, 0.717) is 6.61 Å². The van der Waals surface area contributed by atoms with Gasteiger partial charge in [0.25, 0.3) is 0 Å². The molecule has 15 heavy (non-hydrogen) atoms. The monoisotopic (exact) mass is 214 g/mol. The predicted molar refractivity (Wildman–Crippen MR) is 68.1 cm³/mol. The molecule has 0 heterocycles. The van der Waals surface area contributed by atoms with Gasteiger partial charge in [-0.25, -0.2) is 0 Å². The van der Waals surface area contributed by atoms with E-state index < -0.39 is 0 Å². The molecule has 0 bridgehead atoms. The van der Waals surface area contributed by atoms with Crippen LogP contribution in [0.5, 0.6) is 0 Å². The number of hydrogen-bond acceptors (Lipinski definition) is 1. The van der Waals surface area contributed by atoms with E-state index in [1.165, 1.54) is 57.8 Å². The van der Waals surface area contributed by atoms with Crippen molar-refractivity contribution >= 4 is 0 Å². The fourth-order valence-electron chi connectivity index (χ4n) is 2.02. The first-order chi connectivity index (χ1) is 7.31. The lowest BCUT2D eigenvalue weighted by Gasteiger charge is -2.10. The molecule has 0 rings (SSSR count). The summed E-state index contributed by atoms with van der Waals surface area (Å²) in [5.74, 6) is 0.913. The molecule has 0 saturated heterocycles. The highest BCUT2D eigenvalue weighted by atomic mass is 16.2. The summed E-state index contributed by atoms with van der Waals surface area (Å²) in [6.45, 7) is 5.02. The van der Waals surface area contributed by atoms with Gasteiger partial charge in [-0.1, -0.05) is 71.6 Å². The molecule has 0 saturated carbocycles. The number of aliphatic hydroxyl groups excluding tert-OH is 1. The number of unbranched alkanes of at least 4 members (excludes halogenated alkanes) is 6. The molecule has 0 aromatic rings. The average molecular weight is 214 g/mol. The van der Waals surface area contributed by atoms with Gasteiger partial charge < -0.3 is 5.11 Å². The maximum atomic E-state index is 8.64. The highest BCUT2D eigenvalue weighted by Gasteiger charge is 2.01. The van der Waals surface area contributed by atoms with Crippen LogP contribution < -0.4 is 0 Å². The normalized spacial score (nSPS) is 13.0. The molecule has 0 aliphatic rings. The van der Waals surface area contributed by atoms with Crippen molar-refractivity contribution in [1.29, 1.82) is 0 Å². The molecule has 1 atom stereocenters. The molecule has 1 nitrogen and oxygen atoms in total. The Morgan fingerprint density at radius 3 is 1.87 bits per heavy atom.